The second-order valence-corrected chi connectivity index (χ2v) is 6.10. The van der Waals surface area contributed by atoms with Crippen LogP contribution in [-0.2, 0) is 6.54 Å². The molecule has 3 heteroatoms. The van der Waals surface area contributed by atoms with E-state index in [-0.39, 0.29) is 0 Å². The molecule has 1 saturated heterocycles. The first-order chi connectivity index (χ1) is 10.3. The van der Waals surface area contributed by atoms with Gasteiger partial charge in [-0.3, -0.25) is 9.88 Å². The van der Waals surface area contributed by atoms with Gasteiger partial charge in [-0.25, -0.2) is 0 Å². The molecular formula is C18H25N3. The zero-order chi connectivity index (χ0) is 14.7. The summed E-state index contributed by atoms with van der Waals surface area (Å²) in [5.74, 6) is 0. The van der Waals surface area contributed by atoms with Crippen molar-refractivity contribution >= 4 is 10.9 Å². The Hall–Kier alpha value is -1.45. The molecule has 112 valence electrons. The molecule has 2 unspecified atom stereocenters. The fourth-order valence-electron chi connectivity index (χ4n) is 3.48. The van der Waals surface area contributed by atoms with E-state index in [1.807, 2.05) is 6.20 Å². The summed E-state index contributed by atoms with van der Waals surface area (Å²) in [7, 11) is 2.07. The van der Waals surface area contributed by atoms with Crippen LogP contribution in [0, 0.1) is 0 Å². The number of likely N-dealkylation sites (tertiary alicyclic amines) is 1. The molecule has 1 aromatic carbocycles. The monoisotopic (exact) mass is 283 g/mol. The van der Waals surface area contributed by atoms with Gasteiger partial charge in [-0.1, -0.05) is 24.6 Å². The third-order valence-corrected chi connectivity index (χ3v) is 4.81. The lowest BCUT2D eigenvalue weighted by Gasteiger charge is -2.39. The van der Waals surface area contributed by atoms with Gasteiger partial charge in [0.2, 0.25) is 0 Å². The average Bonchev–Trinajstić information content (AvgIpc) is 2.55. The SMILES string of the molecule is CNC(C)C1CCCCN1Cc1ccnc2ccccc12. The zero-order valence-electron chi connectivity index (χ0n) is 13.0. The number of para-hydroxylation sites is 1. The van der Waals surface area contributed by atoms with Gasteiger partial charge in [0.15, 0.2) is 0 Å². The van der Waals surface area contributed by atoms with Gasteiger partial charge >= 0.3 is 0 Å². The van der Waals surface area contributed by atoms with Gasteiger partial charge in [0.25, 0.3) is 0 Å². The van der Waals surface area contributed by atoms with Gasteiger partial charge < -0.3 is 5.32 Å². The first kappa shape index (κ1) is 14.5. The van der Waals surface area contributed by atoms with E-state index in [9.17, 15) is 0 Å². The van der Waals surface area contributed by atoms with Crippen LogP contribution in [0.2, 0.25) is 0 Å². The highest BCUT2D eigenvalue weighted by atomic mass is 15.2. The second kappa shape index (κ2) is 6.54. The maximum Gasteiger partial charge on any atom is 0.0705 e. The Morgan fingerprint density at radius 1 is 1.29 bits per heavy atom. The molecule has 0 aliphatic carbocycles. The topological polar surface area (TPSA) is 28.2 Å². The summed E-state index contributed by atoms with van der Waals surface area (Å²) in [6, 6.07) is 11.8. The summed E-state index contributed by atoms with van der Waals surface area (Å²) < 4.78 is 0. The van der Waals surface area contributed by atoms with E-state index in [4.69, 9.17) is 0 Å². The fourth-order valence-corrected chi connectivity index (χ4v) is 3.48. The third kappa shape index (κ3) is 3.09. The van der Waals surface area contributed by atoms with Gasteiger partial charge in [0, 0.05) is 30.2 Å². The Kier molecular flexibility index (Phi) is 4.51. The maximum absolute atomic E-state index is 4.47. The van der Waals surface area contributed by atoms with Crippen LogP contribution in [0.4, 0.5) is 0 Å². The minimum absolute atomic E-state index is 0.540. The Bertz CT molecular complexity index is 591. The van der Waals surface area contributed by atoms with Crippen molar-refractivity contribution < 1.29 is 0 Å². The molecule has 0 spiro atoms. The number of pyridine rings is 1. The maximum atomic E-state index is 4.47. The summed E-state index contributed by atoms with van der Waals surface area (Å²) in [6.45, 7) is 4.53. The largest absolute Gasteiger partial charge is 0.316 e. The summed E-state index contributed by atoms with van der Waals surface area (Å²) in [4.78, 5) is 7.12. The molecule has 2 heterocycles. The molecule has 1 aliphatic rings. The first-order valence-corrected chi connectivity index (χ1v) is 8.03. The van der Waals surface area contributed by atoms with E-state index in [1.165, 1.54) is 36.8 Å². The molecule has 1 aliphatic heterocycles. The Morgan fingerprint density at radius 2 is 2.14 bits per heavy atom. The van der Waals surface area contributed by atoms with Crippen molar-refractivity contribution in [1.82, 2.24) is 15.2 Å². The molecule has 3 rings (SSSR count). The van der Waals surface area contributed by atoms with Crippen LogP contribution in [0.1, 0.15) is 31.7 Å². The molecule has 1 aromatic heterocycles. The quantitative estimate of drug-likeness (QED) is 0.934. The summed E-state index contributed by atoms with van der Waals surface area (Å²) in [5, 5.41) is 4.73. The standard InChI is InChI=1S/C18H25N3/c1-14(19-2)18-9-5-6-12-21(18)13-15-10-11-20-17-8-4-3-7-16(15)17/h3-4,7-8,10-11,14,18-19H,5-6,9,12-13H2,1-2H3. The minimum atomic E-state index is 0.540. The van der Waals surface area contributed by atoms with Gasteiger partial charge in [-0.2, -0.15) is 0 Å². The highest BCUT2D eigenvalue weighted by Gasteiger charge is 2.26. The normalized spacial score (nSPS) is 21.5. The number of hydrogen-bond donors (Lipinski definition) is 1. The zero-order valence-corrected chi connectivity index (χ0v) is 13.0. The van der Waals surface area contributed by atoms with Gasteiger partial charge in [0.1, 0.15) is 0 Å². The van der Waals surface area contributed by atoms with E-state index in [0.29, 0.717) is 12.1 Å². The fraction of sp³-hybridized carbons (Fsp3) is 0.500. The molecule has 0 radical (unpaired) electrons. The van der Waals surface area contributed by atoms with Crippen LogP contribution < -0.4 is 5.32 Å². The number of aromatic nitrogens is 1. The minimum Gasteiger partial charge on any atom is -0.316 e. The number of rotatable bonds is 4. The van der Waals surface area contributed by atoms with Crippen molar-refractivity contribution in [3.63, 3.8) is 0 Å². The molecule has 1 N–H and O–H groups in total. The van der Waals surface area contributed by atoms with E-state index in [1.54, 1.807) is 0 Å². The summed E-state index contributed by atoms with van der Waals surface area (Å²) >= 11 is 0. The number of nitrogens with zero attached hydrogens (tertiary/aromatic N) is 2. The number of fused-ring (bicyclic) bond motifs is 1. The van der Waals surface area contributed by atoms with Crippen LogP contribution in [-0.4, -0.2) is 35.6 Å². The van der Waals surface area contributed by atoms with E-state index in [2.05, 4.69) is 59.5 Å². The number of hydrogen-bond acceptors (Lipinski definition) is 3. The van der Waals surface area contributed by atoms with Crippen LogP contribution in [0.3, 0.4) is 0 Å². The van der Waals surface area contributed by atoms with Crippen molar-refractivity contribution in [3.8, 4) is 0 Å². The smallest absolute Gasteiger partial charge is 0.0705 e. The predicted molar refractivity (Wildman–Crippen MR) is 88.3 cm³/mol. The van der Waals surface area contributed by atoms with E-state index in [0.717, 1.165) is 12.1 Å². The molecular weight excluding hydrogens is 258 g/mol. The summed E-state index contributed by atoms with van der Waals surface area (Å²) in [6.07, 6.45) is 5.91. The first-order valence-electron chi connectivity index (χ1n) is 8.03. The van der Waals surface area contributed by atoms with Crippen LogP contribution in [0.25, 0.3) is 10.9 Å². The average molecular weight is 283 g/mol. The van der Waals surface area contributed by atoms with Crippen LogP contribution in [0.5, 0.6) is 0 Å². The van der Waals surface area contributed by atoms with Crippen molar-refractivity contribution in [3.05, 3.63) is 42.1 Å². The molecule has 21 heavy (non-hydrogen) atoms. The van der Waals surface area contributed by atoms with Crippen LogP contribution >= 0.6 is 0 Å². The van der Waals surface area contributed by atoms with Crippen molar-refractivity contribution in [2.24, 2.45) is 0 Å². The van der Waals surface area contributed by atoms with Crippen LogP contribution in [0.15, 0.2) is 36.5 Å². The summed E-state index contributed by atoms with van der Waals surface area (Å²) in [5.41, 5.74) is 2.50. The van der Waals surface area contributed by atoms with Gasteiger partial charge in [-0.15, -0.1) is 0 Å². The van der Waals surface area contributed by atoms with Crippen molar-refractivity contribution in [1.29, 1.82) is 0 Å². The predicted octanol–water partition coefficient (Wildman–Crippen LogP) is 3.20. The molecule has 3 nitrogen and oxygen atoms in total. The highest BCUT2D eigenvalue weighted by molar-refractivity contribution is 5.81. The van der Waals surface area contributed by atoms with Crippen molar-refractivity contribution in [2.45, 2.75) is 44.8 Å². The lowest BCUT2D eigenvalue weighted by atomic mass is 9.95. The molecule has 0 bridgehead atoms. The number of likely N-dealkylation sites (N-methyl/N-ethyl adjacent to an activating group) is 1. The Balaban J connectivity index is 1.86. The van der Waals surface area contributed by atoms with Gasteiger partial charge in [0.05, 0.1) is 5.52 Å². The third-order valence-electron chi connectivity index (χ3n) is 4.81. The van der Waals surface area contributed by atoms with E-state index < -0.39 is 0 Å². The molecule has 1 fully saturated rings. The number of nitrogens with one attached hydrogen (secondary N) is 1. The molecule has 2 aromatic rings. The highest BCUT2D eigenvalue weighted by Crippen LogP contribution is 2.24. The van der Waals surface area contributed by atoms with E-state index >= 15 is 0 Å². The lowest BCUT2D eigenvalue weighted by Crippen LogP contribution is -2.49. The Labute approximate surface area is 127 Å². The molecule has 0 saturated carbocycles. The molecule has 0 amide bonds. The van der Waals surface area contributed by atoms with Gasteiger partial charge in [-0.05, 0) is 51.1 Å². The number of piperidine rings is 1. The number of benzene rings is 1. The lowest BCUT2D eigenvalue weighted by molar-refractivity contribution is 0.114. The molecule has 2 atom stereocenters. The second-order valence-electron chi connectivity index (χ2n) is 6.10. The Morgan fingerprint density at radius 3 is 3.00 bits per heavy atom. The van der Waals surface area contributed by atoms with Crippen molar-refractivity contribution in [2.75, 3.05) is 13.6 Å².